The molecule has 4 atom stereocenters. The van der Waals surface area contributed by atoms with E-state index in [1.807, 2.05) is 30.0 Å². The number of allylic oxidation sites excluding steroid dienone is 1. The molecule has 4 unspecified atom stereocenters. The lowest BCUT2D eigenvalue weighted by Gasteiger charge is -2.45. The zero-order valence-corrected chi connectivity index (χ0v) is 18.9. The number of aromatic nitrogens is 2. The number of carbonyl (C=O) groups is 1. The third-order valence-electron chi connectivity index (χ3n) is 6.01. The second-order valence-corrected chi connectivity index (χ2v) is 8.40. The van der Waals surface area contributed by atoms with Crippen LogP contribution < -0.4 is 22.5 Å². The normalized spacial score (nSPS) is 25.3. The van der Waals surface area contributed by atoms with Crippen LogP contribution in [-0.4, -0.2) is 39.6 Å². The van der Waals surface area contributed by atoms with Gasteiger partial charge in [0.05, 0.1) is 6.17 Å². The van der Waals surface area contributed by atoms with Crippen molar-refractivity contribution in [3.8, 4) is 0 Å². The smallest absolute Gasteiger partial charge is 0.329 e. The molecule has 1 amide bonds. The fraction of sp³-hybridized carbons (Fsp3) is 0.435. The van der Waals surface area contributed by atoms with Gasteiger partial charge in [0, 0.05) is 24.4 Å². The maximum Gasteiger partial charge on any atom is 0.329 e. The number of hydrogen-bond donors (Lipinski definition) is 3. The quantitative estimate of drug-likeness (QED) is 0.518. The summed E-state index contributed by atoms with van der Waals surface area (Å²) >= 11 is 0. The first-order valence-electron chi connectivity index (χ1n) is 11.2. The highest BCUT2D eigenvalue weighted by Crippen LogP contribution is 2.35. The Labute approximate surface area is 196 Å². The van der Waals surface area contributed by atoms with Gasteiger partial charge in [-0.25, -0.2) is 15.6 Å². The van der Waals surface area contributed by atoms with Crippen LogP contribution in [0.15, 0.2) is 64.0 Å². The topological polar surface area (TPSA) is 141 Å². The number of anilines is 1. The molecule has 182 valence electrons. The van der Waals surface area contributed by atoms with Gasteiger partial charge in [0.2, 0.25) is 6.29 Å². The van der Waals surface area contributed by atoms with Gasteiger partial charge in [-0.3, -0.25) is 24.0 Å². The number of nitrogens with zero attached hydrogens (tertiary/aromatic N) is 2. The van der Waals surface area contributed by atoms with Crippen LogP contribution in [0.4, 0.5) is 5.69 Å². The van der Waals surface area contributed by atoms with Crippen molar-refractivity contribution in [2.24, 2.45) is 11.8 Å². The minimum atomic E-state index is -0.666. The van der Waals surface area contributed by atoms with Gasteiger partial charge in [0.15, 0.2) is 5.76 Å². The number of para-hydroxylation sites is 1. The molecule has 1 fully saturated rings. The number of rotatable bonds is 7. The van der Waals surface area contributed by atoms with E-state index in [0.717, 1.165) is 6.42 Å². The molecule has 0 radical (unpaired) electrons. The van der Waals surface area contributed by atoms with E-state index in [4.69, 9.17) is 20.2 Å². The van der Waals surface area contributed by atoms with Crippen LogP contribution in [0.3, 0.4) is 0 Å². The van der Waals surface area contributed by atoms with Crippen LogP contribution in [0.5, 0.6) is 0 Å². The Hall–Kier alpha value is -3.25. The number of H-pyrrole nitrogens is 1. The lowest BCUT2D eigenvalue weighted by atomic mass is 9.95. The van der Waals surface area contributed by atoms with Crippen molar-refractivity contribution < 1.29 is 19.1 Å². The molecule has 11 nitrogen and oxygen atoms in total. The molecule has 0 saturated carbocycles. The summed E-state index contributed by atoms with van der Waals surface area (Å²) in [5.41, 5.74) is -0.325. The first kappa shape index (κ1) is 23.9. The molecule has 2 aliphatic heterocycles. The monoisotopic (exact) mass is 471 g/mol. The zero-order chi connectivity index (χ0) is 24.1. The van der Waals surface area contributed by atoms with Gasteiger partial charge < -0.3 is 14.8 Å². The predicted molar refractivity (Wildman–Crippen MR) is 123 cm³/mol. The maximum atomic E-state index is 12.7. The molecular weight excluding hydrogens is 442 g/mol. The molecular formula is C23H29N5O6. The Kier molecular flexibility index (Phi) is 7.58. The third kappa shape index (κ3) is 5.45. The van der Waals surface area contributed by atoms with Gasteiger partial charge in [0.25, 0.3) is 11.5 Å². The van der Waals surface area contributed by atoms with E-state index in [-0.39, 0.29) is 24.3 Å². The summed E-state index contributed by atoms with van der Waals surface area (Å²) in [5.74, 6) is 5.31. The molecule has 2 aromatic rings. The fourth-order valence-electron chi connectivity index (χ4n) is 4.35. The molecule has 0 aliphatic carbocycles. The van der Waals surface area contributed by atoms with Gasteiger partial charge in [-0.1, -0.05) is 25.1 Å². The van der Waals surface area contributed by atoms with E-state index >= 15 is 0 Å². The van der Waals surface area contributed by atoms with Crippen molar-refractivity contribution in [2.75, 3.05) is 12.0 Å². The van der Waals surface area contributed by atoms with Crippen LogP contribution in [-0.2, 0) is 19.1 Å². The first-order chi connectivity index (χ1) is 16.5. The largest absolute Gasteiger partial charge is 0.459 e. The number of ether oxygens (including phenoxy) is 2. The van der Waals surface area contributed by atoms with Gasteiger partial charge in [0.1, 0.15) is 13.0 Å². The molecule has 11 heteroatoms. The molecule has 3 heterocycles. The number of amides is 1. The van der Waals surface area contributed by atoms with E-state index in [1.165, 1.54) is 16.8 Å². The molecule has 0 spiro atoms. The summed E-state index contributed by atoms with van der Waals surface area (Å²) in [6.45, 7) is 2.02. The second kappa shape index (κ2) is 10.8. The summed E-state index contributed by atoms with van der Waals surface area (Å²) in [5, 5.41) is 2.81. The lowest BCUT2D eigenvalue weighted by Crippen LogP contribution is -2.54. The molecule has 1 aromatic carbocycles. The highest BCUT2D eigenvalue weighted by molar-refractivity contribution is 6.02. The summed E-state index contributed by atoms with van der Waals surface area (Å²) < 4.78 is 13.6. The second-order valence-electron chi connectivity index (χ2n) is 8.40. The average molecular weight is 472 g/mol. The van der Waals surface area contributed by atoms with Crippen molar-refractivity contribution in [3.63, 3.8) is 0 Å². The van der Waals surface area contributed by atoms with Crippen molar-refractivity contribution in [2.45, 2.75) is 51.3 Å². The maximum absolute atomic E-state index is 12.7. The van der Waals surface area contributed by atoms with Gasteiger partial charge >= 0.3 is 5.69 Å². The number of hydrogen-bond acceptors (Lipinski definition) is 8. The van der Waals surface area contributed by atoms with Crippen LogP contribution >= 0.6 is 0 Å². The van der Waals surface area contributed by atoms with Crippen LogP contribution in [0.25, 0.3) is 0 Å². The average Bonchev–Trinajstić information content (AvgIpc) is 2.83. The van der Waals surface area contributed by atoms with Crippen molar-refractivity contribution >= 4 is 11.6 Å². The molecule has 0 bridgehead atoms. The van der Waals surface area contributed by atoms with E-state index in [9.17, 15) is 14.4 Å². The van der Waals surface area contributed by atoms with E-state index in [0.29, 0.717) is 24.9 Å². The highest BCUT2D eigenvalue weighted by Gasteiger charge is 2.39. The summed E-state index contributed by atoms with van der Waals surface area (Å²) in [6.07, 6.45) is 4.15. The Morgan fingerprint density at radius 2 is 2.00 bits per heavy atom. The summed E-state index contributed by atoms with van der Waals surface area (Å²) in [6, 6.07) is 10.4. The molecule has 1 saturated heterocycles. The van der Waals surface area contributed by atoms with Crippen molar-refractivity contribution in [1.29, 1.82) is 0 Å². The van der Waals surface area contributed by atoms with E-state index < -0.39 is 29.9 Å². The van der Waals surface area contributed by atoms with Gasteiger partial charge in [-0.2, -0.15) is 0 Å². The SMILES string of the molecule is CC1CCC(n2ccc(=O)[nH]c2=O)N(CON)C1OC1CCC=C(C(=O)Nc2ccccc2)O1. The first-order valence-corrected chi connectivity index (χ1v) is 11.2. The Balaban J connectivity index is 1.48. The Morgan fingerprint density at radius 3 is 2.74 bits per heavy atom. The lowest BCUT2D eigenvalue weighted by molar-refractivity contribution is -0.251. The van der Waals surface area contributed by atoms with Crippen LogP contribution in [0, 0.1) is 5.92 Å². The third-order valence-corrected chi connectivity index (χ3v) is 6.01. The zero-order valence-electron chi connectivity index (χ0n) is 18.9. The molecule has 2 aliphatic rings. The molecule has 34 heavy (non-hydrogen) atoms. The van der Waals surface area contributed by atoms with E-state index in [1.54, 1.807) is 18.2 Å². The number of carbonyl (C=O) groups excluding carboxylic acids is 1. The molecule has 4 N–H and O–H groups in total. The van der Waals surface area contributed by atoms with Crippen LogP contribution in [0.2, 0.25) is 0 Å². The van der Waals surface area contributed by atoms with Gasteiger partial charge in [-0.05, 0) is 43.4 Å². The number of nitrogens with one attached hydrogen (secondary N) is 2. The fourth-order valence-corrected chi connectivity index (χ4v) is 4.35. The van der Waals surface area contributed by atoms with Gasteiger partial charge in [-0.15, -0.1) is 0 Å². The number of benzene rings is 1. The Morgan fingerprint density at radius 1 is 1.21 bits per heavy atom. The van der Waals surface area contributed by atoms with Crippen molar-refractivity contribution in [3.05, 3.63) is 75.3 Å². The minimum Gasteiger partial charge on any atom is -0.459 e. The molecule has 4 rings (SSSR count). The summed E-state index contributed by atoms with van der Waals surface area (Å²) in [4.78, 5) is 45.6. The van der Waals surface area contributed by atoms with E-state index in [2.05, 4.69) is 10.3 Å². The van der Waals surface area contributed by atoms with Crippen LogP contribution in [0.1, 0.15) is 38.8 Å². The number of likely N-dealkylation sites (tertiary alicyclic amines) is 1. The predicted octanol–water partition coefficient (Wildman–Crippen LogP) is 1.62. The molecule has 1 aromatic heterocycles. The van der Waals surface area contributed by atoms with Crippen molar-refractivity contribution in [1.82, 2.24) is 14.5 Å². The number of aromatic amines is 1. The standard InChI is InChI=1S/C23H29N5O6/c1-15-10-11-19(27-13-12-18(29)26-23(27)31)28(14-32-24)22(15)34-20-9-5-8-17(33-20)21(30)25-16-6-3-2-4-7-16/h2-4,6-8,12-13,15,19-20,22H,5,9-11,14,24H2,1H3,(H,25,30)(H,26,29,31). The number of nitrogens with two attached hydrogens (primary N) is 1. The Bertz CT molecular complexity index is 1130. The summed E-state index contributed by atoms with van der Waals surface area (Å²) in [7, 11) is 0. The number of piperidine rings is 1. The minimum absolute atomic E-state index is 0.00481. The highest BCUT2D eigenvalue weighted by atomic mass is 16.7.